The standard InChI is InChI=1S/C29H23F3N6/c1-19-26-13-12-24(36-22-7-3-2-4-8-22)17-27(26)38-28(35-19)33-15-14-21-10-11-25(18-34-21)37-23-9-5-6-20(16-23)29(30,31)32/h2-18,36-37H,1H3,(H,33,35,38)/b15-14+. The molecule has 38 heavy (non-hydrogen) atoms. The molecule has 0 bridgehead atoms. The lowest BCUT2D eigenvalue weighted by Gasteiger charge is -2.10. The number of pyridine rings is 1. The zero-order valence-electron chi connectivity index (χ0n) is 20.3. The minimum Gasteiger partial charge on any atom is -0.355 e. The normalized spacial score (nSPS) is 11.6. The van der Waals surface area contributed by atoms with Gasteiger partial charge in [0, 0.05) is 28.6 Å². The van der Waals surface area contributed by atoms with Gasteiger partial charge in [0.05, 0.1) is 34.4 Å². The Kier molecular flexibility index (Phi) is 6.90. The van der Waals surface area contributed by atoms with Crippen LogP contribution in [0.5, 0.6) is 0 Å². The molecular formula is C29H23F3N6. The van der Waals surface area contributed by atoms with Crippen LogP contribution in [0.4, 0.5) is 41.9 Å². The summed E-state index contributed by atoms with van der Waals surface area (Å²) in [4.78, 5) is 13.5. The van der Waals surface area contributed by atoms with Crippen LogP contribution >= 0.6 is 0 Å². The summed E-state index contributed by atoms with van der Waals surface area (Å²) >= 11 is 0. The molecule has 0 saturated heterocycles. The summed E-state index contributed by atoms with van der Waals surface area (Å²) in [6.45, 7) is 1.93. The van der Waals surface area contributed by atoms with E-state index in [1.54, 1.807) is 36.7 Å². The van der Waals surface area contributed by atoms with Gasteiger partial charge in [-0.2, -0.15) is 13.2 Å². The van der Waals surface area contributed by atoms with Crippen LogP contribution in [0.1, 0.15) is 17.0 Å². The molecular weight excluding hydrogens is 489 g/mol. The van der Waals surface area contributed by atoms with Gasteiger partial charge in [-0.05, 0) is 73.7 Å². The number of alkyl halides is 3. The Bertz CT molecular complexity index is 1580. The van der Waals surface area contributed by atoms with Crippen molar-refractivity contribution in [1.82, 2.24) is 15.0 Å². The molecule has 3 N–H and O–H groups in total. The van der Waals surface area contributed by atoms with Crippen LogP contribution in [0.25, 0.3) is 17.0 Å². The van der Waals surface area contributed by atoms with E-state index in [2.05, 4.69) is 30.9 Å². The van der Waals surface area contributed by atoms with Gasteiger partial charge in [-0.3, -0.25) is 4.98 Å². The number of anilines is 5. The molecule has 9 heteroatoms. The van der Waals surface area contributed by atoms with Crippen molar-refractivity contribution in [1.29, 1.82) is 0 Å². The van der Waals surface area contributed by atoms with E-state index in [-0.39, 0.29) is 0 Å². The number of halogens is 3. The van der Waals surface area contributed by atoms with Crippen LogP contribution in [0.2, 0.25) is 0 Å². The third-order valence-electron chi connectivity index (χ3n) is 5.68. The number of nitrogens with zero attached hydrogens (tertiary/aromatic N) is 3. The van der Waals surface area contributed by atoms with Crippen molar-refractivity contribution in [2.75, 3.05) is 16.0 Å². The highest BCUT2D eigenvalue weighted by atomic mass is 19.4. The predicted molar refractivity (Wildman–Crippen MR) is 146 cm³/mol. The lowest BCUT2D eigenvalue weighted by molar-refractivity contribution is -0.137. The largest absolute Gasteiger partial charge is 0.416 e. The number of rotatable bonds is 7. The molecule has 5 rings (SSSR count). The molecule has 2 heterocycles. The molecule has 0 amide bonds. The highest BCUT2D eigenvalue weighted by Gasteiger charge is 2.30. The average Bonchev–Trinajstić information content (AvgIpc) is 2.90. The molecule has 190 valence electrons. The van der Waals surface area contributed by atoms with Gasteiger partial charge in [-0.1, -0.05) is 24.3 Å². The second-order valence-corrected chi connectivity index (χ2v) is 8.51. The number of para-hydroxylation sites is 1. The summed E-state index contributed by atoms with van der Waals surface area (Å²) < 4.78 is 38.8. The third kappa shape index (κ3) is 6.07. The molecule has 0 aliphatic carbocycles. The molecule has 0 aliphatic rings. The van der Waals surface area contributed by atoms with Crippen molar-refractivity contribution in [3.05, 3.63) is 114 Å². The van der Waals surface area contributed by atoms with Crippen LogP contribution in [0, 0.1) is 6.92 Å². The topological polar surface area (TPSA) is 74.8 Å². The van der Waals surface area contributed by atoms with E-state index >= 15 is 0 Å². The van der Waals surface area contributed by atoms with E-state index in [0.29, 0.717) is 23.0 Å². The highest BCUT2D eigenvalue weighted by Crippen LogP contribution is 2.31. The Labute approximate surface area is 217 Å². The molecule has 0 atom stereocenters. The first-order valence-electron chi connectivity index (χ1n) is 11.8. The van der Waals surface area contributed by atoms with E-state index in [4.69, 9.17) is 0 Å². The molecule has 0 unspecified atom stereocenters. The summed E-state index contributed by atoms with van der Waals surface area (Å²) in [5.41, 5.74) is 4.40. The van der Waals surface area contributed by atoms with Crippen LogP contribution in [-0.2, 0) is 6.18 Å². The fourth-order valence-corrected chi connectivity index (χ4v) is 3.84. The van der Waals surface area contributed by atoms with Crippen LogP contribution < -0.4 is 16.0 Å². The number of aryl methyl sites for hydroxylation is 1. The molecule has 0 saturated carbocycles. The fourth-order valence-electron chi connectivity index (χ4n) is 3.84. The Morgan fingerprint density at radius 3 is 2.24 bits per heavy atom. The highest BCUT2D eigenvalue weighted by molar-refractivity contribution is 5.86. The second-order valence-electron chi connectivity index (χ2n) is 8.51. The summed E-state index contributed by atoms with van der Waals surface area (Å²) in [7, 11) is 0. The molecule has 3 aromatic carbocycles. The quantitative estimate of drug-likeness (QED) is 0.206. The first-order valence-corrected chi connectivity index (χ1v) is 11.8. The monoisotopic (exact) mass is 512 g/mol. The summed E-state index contributed by atoms with van der Waals surface area (Å²) in [5, 5.41) is 10.4. The number of benzene rings is 3. The summed E-state index contributed by atoms with van der Waals surface area (Å²) in [6.07, 6.45) is 0.601. The molecule has 0 fully saturated rings. The Hall–Kier alpha value is -4.92. The first-order chi connectivity index (χ1) is 18.3. The van der Waals surface area contributed by atoms with Crippen LogP contribution in [-0.4, -0.2) is 15.0 Å². The minimum absolute atomic E-state index is 0.331. The Morgan fingerprint density at radius 1 is 0.737 bits per heavy atom. The minimum atomic E-state index is -4.40. The third-order valence-corrected chi connectivity index (χ3v) is 5.68. The Morgan fingerprint density at radius 2 is 1.47 bits per heavy atom. The van der Waals surface area contributed by atoms with E-state index < -0.39 is 11.7 Å². The van der Waals surface area contributed by atoms with Gasteiger partial charge >= 0.3 is 6.18 Å². The van der Waals surface area contributed by atoms with Gasteiger partial charge in [0.1, 0.15) is 0 Å². The fraction of sp³-hybridized carbons (Fsp3) is 0.0690. The van der Waals surface area contributed by atoms with Gasteiger partial charge in [0.25, 0.3) is 0 Å². The number of fused-ring (bicyclic) bond motifs is 1. The maximum Gasteiger partial charge on any atom is 0.416 e. The van der Waals surface area contributed by atoms with Gasteiger partial charge in [-0.25, -0.2) is 9.97 Å². The Balaban J connectivity index is 1.25. The van der Waals surface area contributed by atoms with Gasteiger partial charge in [-0.15, -0.1) is 0 Å². The van der Waals surface area contributed by atoms with Crippen LogP contribution in [0.15, 0.2) is 97.3 Å². The SMILES string of the molecule is Cc1nc(N/C=C/c2ccc(Nc3cccc(C(F)(F)F)c3)cn2)nc2cc(Nc3ccccc3)ccc12. The molecule has 2 aromatic heterocycles. The van der Waals surface area contributed by atoms with E-state index in [9.17, 15) is 13.2 Å². The van der Waals surface area contributed by atoms with Gasteiger partial charge in [0.15, 0.2) is 0 Å². The van der Waals surface area contributed by atoms with Crippen molar-refractivity contribution in [3.8, 4) is 0 Å². The summed E-state index contributed by atoms with van der Waals surface area (Å²) in [5.74, 6) is 0.450. The van der Waals surface area contributed by atoms with E-state index in [0.717, 1.165) is 40.1 Å². The zero-order chi connectivity index (χ0) is 26.5. The van der Waals surface area contributed by atoms with E-state index in [1.165, 1.54) is 6.07 Å². The van der Waals surface area contributed by atoms with Gasteiger partial charge < -0.3 is 16.0 Å². The van der Waals surface area contributed by atoms with Crippen molar-refractivity contribution in [2.24, 2.45) is 0 Å². The molecule has 6 nitrogen and oxygen atoms in total. The lowest BCUT2D eigenvalue weighted by atomic mass is 10.1. The molecule has 0 radical (unpaired) electrons. The molecule has 0 spiro atoms. The number of hydrogen-bond acceptors (Lipinski definition) is 6. The predicted octanol–water partition coefficient (Wildman–Crippen LogP) is 7.92. The molecule has 0 aliphatic heterocycles. The average molecular weight is 513 g/mol. The number of hydrogen-bond donors (Lipinski definition) is 3. The maximum absolute atomic E-state index is 12.9. The van der Waals surface area contributed by atoms with Crippen molar-refractivity contribution in [2.45, 2.75) is 13.1 Å². The summed E-state index contributed by atoms with van der Waals surface area (Å²) in [6, 6.07) is 24.4. The zero-order valence-corrected chi connectivity index (χ0v) is 20.3. The van der Waals surface area contributed by atoms with Gasteiger partial charge in [0.2, 0.25) is 5.95 Å². The van der Waals surface area contributed by atoms with Crippen molar-refractivity contribution in [3.63, 3.8) is 0 Å². The smallest absolute Gasteiger partial charge is 0.355 e. The van der Waals surface area contributed by atoms with Crippen molar-refractivity contribution >= 4 is 45.7 Å². The van der Waals surface area contributed by atoms with Crippen LogP contribution in [0.3, 0.4) is 0 Å². The number of nitrogens with one attached hydrogen (secondary N) is 3. The number of aromatic nitrogens is 3. The van der Waals surface area contributed by atoms with E-state index in [1.807, 2.05) is 55.5 Å². The first kappa shape index (κ1) is 24.8. The second kappa shape index (κ2) is 10.6. The lowest BCUT2D eigenvalue weighted by Crippen LogP contribution is -2.05. The maximum atomic E-state index is 12.9. The van der Waals surface area contributed by atoms with Crippen molar-refractivity contribution < 1.29 is 13.2 Å². The molecule has 5 aromatic rings.